The number of aromatic nitrogens is 1. The molecule has 0 aliphatic carbocycles. The number of amides is 1. The van der Waals surface area contributed by atoms with E-state index in [1.54, 1.807) is 18.3 Å². The molecule has 0 radical (unpaired) electrons. The molecule has 0 aliphatic heterocycles. The van der Waals surface area contributed by atoms with Gasteiger partial charge in [0.25, 0.3) is 5.91 Å². The van der Waals surface area contributed by atoms with Gasteiger partial charge in [0.05, 0.1) is 5.69 Å². The zero-order valence-electron chi connectivity index (χ0n) is 7.61. The second-order valence-corrected chi connectivity index (χ2v) is 4.43. The molecule has 0 saturated carbocycles. The van der Waals surface area contributed by atoms with E-state index in [0.29, 0.717) is 10.2 Å². The van der Waals surface area contributed by atoms with Crippen molar-refractivity contribution < 1.29 is 4.79 Å². The van der Waals surface area contributed by atoms with E-state index in [1.165, 1.54) is 11.3 Å². The predicted octanol–water partition coefficient (Wildman–Crippen LogP) is 3.16. The standard InChI is InChI=1S/C10H7BrN2OS/c11-8-2-1-4-12-9(8)10(14)13-7-3-5-15-6-7/h1-6H,(H,13,14). The Morgan fingerprint density at radius 1 is 1.47 bits per heavy atom. The van der Waals surface area contributed by atoms with E-state index >= 15 is 0 Å². The molecular weight excluding hydrogens is 276 g/mol. The van der Waals surface area contributed by atoms with Gasteiger partial charge in [-0.3, -0.25) is 4.79 Å². The molecule has 3 nitrogen and oxygen atoms in total. The molecule has 0 spiro atoms. The van der Waals surface area contributed by atoms with Crippen LogP contribution < -0.4 is 5.32 Å². The summed E-state index contributed by atoms with van der Waals surface area (Å²) < 4.78 is 0.692. The molecule has 1 amide bonds. The smallest absolute Gasteiger partial charge is 0.275 e. The number of hydrogen-bond acceptors (Lipinski definition) is 3. The first-order chi connectivity index (χ1) is 7.27. The van der Waals surface area contributed by atoms with Gasteiger partial charge in [-0.05, 0) is 39.5 Å². The summed E-state index contributed by atoms with van der Waals surface area (Å²) >= 11 is 4.81. The topological polar surface area (TPSA) is 42.0 Å². The fourth-order valence-electron chi connectivity index (χ4n) is 1.08. The van der Waals surface area contributed by atoms with Gasteiger partial charge < -0.3 is 5.32 Å². The van der Waals surface area contributed by atoms with E-state index in [9.17, 15) is 4.79 Å². The quantitative estimate of drug-likeness (QED) is 0.919. The number of thiophene rings is 1. The molecule has 2 aromatic rings. The molecule has 76 valence electrons. The van der Waals surface area contributed by atoms with Crippen LogP contribution in [0.4, 0.5) is 5.69 Å². The lowest BCUT2D eigenvalue weighted by Crippen LogP contribution is -2.13. The summed E-state index contributed by atoms with van der Waals surface area (Å²) in [5, 5.41) is 6.53. The average Bonchev–Trinajstić information content (AvgIpc) is 2.71. The van der Waals surface area contributed by atoms with Crippen LogP contribution in [-0.4, -0.2) is 10.9 Å². The van der Waals surface area contributed by atoms with Gasteiger partial charge in [0, 0.05) is 16.0 Å². The van der Waals surface area contributed by atoms with Gasteiger partial charge in [-0.25, -0.2) is 4.98 Å². The van der Waals surface area contributed by atoms with Crippen molar-refractivity contribution in [3.05, 3.63) is 45.3 Å². The summed E-state index contributed by atoms with van der Waals surface area (Å²) in [5.41, 5.74) is 1.19. The Balaban J connectivity index is 2.19. The number of rotatable bonds is 2. The van der Waals surface area contributed by atoms with Crippen molar-refractivity contribution in [1.29, 1.82) is 0 Å². The molecule has 5 heteroatoms. The van der Waals surface area contributed by atoms with E-state index in [2.05, 4.69) is 26.2 Å². The highest BCUT2D eigenvalue weighted by Gasteiger charge is 2.10. The molecule has 0 bridgehead atoms. The van der Waals surface area contributed by atoms with Gasteiger partial charge in [0.2, 0.25) is 0 Å². The first kappa shape index (κ1) is 10.3. The van der Waals surface area contributed by atoms with Crippen molar-refractivity contribution in [3.8, 4) is 0 Å². The number of nitrogens with zero attached hydrogens (tertiary/aromatic N) is 1. The van der Waals surface area contributed by atoms with E-state index in [1.807, 2.05) is 16.8 Å². The largest absolute Gasteiger partial charge is 0.320 e. The maximum atomic E-state index is 11.7. The minimum Gasteiger partial charge on any atom is -0.320 e. The molecule has 0 fully saturated rings. The Kier molecular flexibility index (Phi) is 3.13. The lowest BCUT2D eigenvalue weighted by molar-refractivity contribution is 0.102. The van der Waals surface area contributed by atoms with Crippen molar-refractivity contribution in [3.63, 3.8) is 0 Å². The number of carbonyl (C=O) groups is 1. The number of nitrogens with one attached hydrogen (secondary N) is 1. The van der Waals surface area contributed by atoms with Crippen LogP contribution in [0, 0.1) is 0 Å². The Labute approximate surface area is 99.3 Å². The third kappa shape index (κ3) is 2.43. The summed E-state index contributed by atoms with van der Waals surface area (Å²) in [7, 11) is 0. The molecule has 1 N–H and O–H groups in total. The summed E-state index contributed by atoms with van der Waals surface area (Å²) in [6, 6.07) is 5.40. The van der Waals surface area contributed by atoms with Crippen LogP contribution in [0.25, 0.3) is 0 Å². The number of pyridine rings is 1. The first-order valence-corrected chi connectivity index (χ1v) is 5.95. The number of carbonyl (C=O) groups excluding carboxylic acids is 1. The van der Waals surface area contributed by atoms with Crippen LogP contribution in [0.15, 0.2) is 39.6 Å². The second kappa shape index (κ2) is 4.55. The van der Waals surface area contributed by atoms with E-state index in [0.717, 1.165) is 5.69 Å². The molecular formula is C10H7BrN2OS. The minimum atomic E-state index is -0.208. The Morgan fingerprint density at radius 3 is 3.00 bits per heavy atom. The summed E-state index contributed by atoms with van der Waals surface area (Å²) in [6.07, 6.45) is 1.59. The van der Waals surface area contributed by atoms with Gasteiger partial charge >= 0.3 is 0 Å². The van der Waals surface area contributed by atoms with Gasteiger partial charge in [0.15, 0.2) is 0 Å². The fraction of sp³-hybridized carbons (Fsp3) is 0. The van der Waals surface area contributed by atoms with Crippen LogP contribution in [-0.2, 0) is 0 Å². The molecule has 0 saturated heterocycles. The summed E-state index contributed by atoms with van der Waals surface area (Å²) in [4.78, 5) is 15.7. The number of anilines is 1. The Hall–Kier alpha value is -1.20. The van der Waals surface area contributed by atoms with Gasteiger partial charge in [-0.2, -0.15) is 11.3 Å². The average molecular weight is 283 g/mol. The fourth-order valence-corrected chi connectivity index (χ4v) is 2.10. The molecule has 2 rings (SSSR count). The molecule has 2 heterocycles. The van der Waals surface area contributed by atoms with E-state index in [4.69, 9.17) is 0 Å². The second-order valence-electron chi connectivity index (χ2n) is 2.80. The van der Waals surface area contributed by atoms with Gasteiger partial charge in [-0.1, -0.05) is 0 Å². The third-order valence-corrected chi connectivity index (χ3v) is 3.08. The van der Waals surface area contributed by atoms with E-state index in [-0.39, 0.29) is 5.91 Å². The molecule has 2 aromatic heterocycles. The maximum absolute atomic E-state index is 11.7. The summed E-state index contributed by atoms with van der Waals surface area (Å²) in [6.45, 7) is 0. The van der Waals surface area contributed by atoms with Crippen molar-refractivity contribution in [1.82, 2.24) is 4.98 Å². The molecule has 0 unspecified atom stereocenters. The lowest BCUT2D eigenvalue weighted by Gasteiger charge is -2.03. The minimum absolute atomic E-state index is 0.208. The zero-order chi connectivity index (χ0) is 10.7. The highest BCUT2D eigenvalue weighted by molar-refractivity contribution is 9.10. The normalized spacial score (nSPS) is 9.93. The number of hydrogen-bond donors (Lipinski definition) is 1. The molecule has 0 aromatic carbocycles. The van der Waals surface area contributed by atoms with Crippen molar-refractivity contribution in [2.75, 3.05) is 5.32 Å². The first-order valence-electron chi connectivity index (χ1n) is 4.21. The monoisotopic (exact) mass is 282 g/mol. The van der Waals surface area contributed by atoms with E-state index < -0.39 is 0 Å². The van der Waals surface area contributed by atoms with Crippen LogP contribution >= 0.6 is 27.3 Å². The zero-order valence-corrected chi connectivity index (χ0v) is 10.0. The molecule has 15 heavy (non-hydrogen) atoms. The van der Waals surface area contributed by atoms with Crippen LogP contribution in [0.2, 0.25) is 0 Å². The Bertz CT molecular complexity index is 470. The van der Waals surface area contributed by atoms with Crippen molar-refractivity contribution in [2.45, 2.75) is 0 Å². The predicted molar refractivity (Wildman–Crippen MR) is 64.2 cm³/mol. The van der Waals surface area contributed by atoms with Crippen LogP contribution in [0.1, 0.15) is 10.5 Å². The van der Waals surface area contributed by atoms with Gasteiger partial charge in [-0.15, -0.1) is 0 Å². The van der Waals surface area contributed by atoms with Crippen molar-refractivity contribution >= 4 is 38.9 Å². The highest BCUT2D eigenvalue weighted by Crippen LogP contribution is 2.17. The van der Waals surface area contributed by atoms with Crippen LogP contribution in [0.5, 0.6) is 0 Å². The third-order valence-electron chi connectivity index (χ3n) is 1.75. The maximum Gasteiger partial charge on any atom is 0.275 e. The Morgan fingerprint density at radius 2 is 2.33 bits per heavy atom. The van der Waals surface area contributed by atoms with Crippen LogP contribution in [0.3, 0.4) is 0 Å². The summed E-state index contributed by atoms with van der Waals surface area (Å²) in [5.74, 6) is -0.208. The van der Waals surface area contributed by atoms with Crippen molar-refractivity contribution in [2.24, 2.45) is 0 Å². The molecule has 0 atom stereocenters. The lowest BCUT2D eigenvalue weighted by atomic mass is 10.3. The number of halogens is 1. The van der Waals surface area contributed by atoms with Gasteiger partial charge in [0.1, 0.15) is 5.69 Å². The molecule has 0 aliphatic rings. The highest BCUT2D eigenvalue weighted by atomic mass is 79.9. The SMILES string of the molecule is O=C(Nc1ccsc1)c1ncccc1Br.